The third-order valence-electron chi connectivity index (χ3n) is 4.50. The van der Waals surface area contributed by atoms with Gasteiger partial charge in [0.2, 0.25) is 5.82 Å². The van der Waals surface area contributed by atoms with Crippen LogP contribution in [0.15, 0.2) is 41.1 Å². The Morgan fingerprint density at radius 1 is 1.21 bits per heavy atom. The number of rotatable bonds is 6. The molecule has 1 aromatic carbocycles. The molecule has 3 aromatic heterocycles. The van der Waals surface area contributed by atoms with Crippen molar-refractivity contribution in [3.63, 3.8) is 0 Å². The van der Waals surface area contributed by atoms with Crippen molar-refractivity contribution >= 4 is 11.6 Å². The van der Waals surface area contributed by atoms with Gasteiger partial charge in [0.15, 0.2) is 5.65 Å². The van der Waals surface area contributed by atoms with Crippen molar-refractivity contribution in [3.05, 3.63) is 59.4 Å². The number of carbonyl (C=O) groups is 1. The minimum absolute atomic E-state index is 0.0987. The average molecular weight is 392 g/mol. The van der Waals surface area contributed by atoms with Gasteiger partial charge in [0.25, 0.3) is 0 Å². The van der Waals surface area contributed by atoms with Crippen LogP contribution >= 0.6 is 0 Å². The maximum Gasteiger partial charge on any atom is 0.316 e. The molecule has 4 aromatic rings. The van der Waals surface area contributed by atoms with E-state index in [9.17, 15) is 4.79 Å². The van der Waals surface area contributed by atoms with Gasteiger partial charge in [-0.2, -0.15) is 10.1 Å². The average Bonchev–Trinajstić information content (AvgIpc) is 3.35. The van der Waals surface area contributed by atoms with Crippen LogP contribution in [0.1, 0.15) is 27.6 Å². The lowest BCUT2D eigenvalue weighted by atomic mass is 10.1. The summed E-state index contributed by atoms with van der Waals surface area (Å²) in [5, 5.41) is 11.0. The number of aryl methyl sites for hydroxylation is 2. The summed E-state index contributed by atoms with van der Waals surface area (Å²) < 4.78 is 12.0. The van der Waals surface area contributed by atoms with E-state index in [1.807, 2.05) is 44.2 Å². The van der Waals surface area contributed by atoms with Gasteiger partial charge >= 0.3 is 11.8 Å². The third kappa shape index (κ3) is 3.79. The van der Waals surface area contributed by atoms with E-state index in [0.29, 0.717) is 24.2 Å². The molecule has 148 valence electrons. The Morgan fingerprint density at radius 2 is 2.00 bits per heavy atom. The molecule has 0 bridgehead atoms. The second kappa shape index (κ2) is 7.70. The summed E-state index contributed by atoms with van der Waals surface area (Å²) in [6.45, 7) is 4.29. The maximum absolute atomic E-state index is 12.3. The van der Waals surface area contributed by atoms with Gasteiger partial charge < -0.3 is 14.6 Å². The van der Waals surface area contributed by atoms with Crippen LogP contribution in [0.3, 0.4) is 0 Å². The molecule has 0 aliphatic heterocycles. The second-order valence-corrected chi connectivity index (χ2v) is 6.61. The molecule has 1 amide bonds. The van der Waals surface area contributed by atoms with Crippen LogP contribution in [0.5, 0.6) is 5.75 Å². The highest BCUT2D eigenvalue weighted by Gasteiger charge is 2.19. The van der Waals surface area contributed by atoms with Crippen molar-refractivity contribution in [2.45, 2.75) is 20.3 Å². The Bertz CT molecular complexity index is 1160. The fourth-order valence-corrected chi connectivity index (χ4v) is 3.04. The lowest BCUT2D eigenvalue weighted by Gasteiger charge is -2.04. The number of methoxy groups -OCH3 is 1. The largest absolute Gasteiger partial charge is 0.497 e. The van der Waals surface area contributed by atoms with Crippen molar-refractivity contribution in [1.29, 1.82) is 0 Å². The normalized spacial score (nSPS) is 11.0. The third-order valence-corrected chi connectivity index (χ3v) is 4.50. The number of nitrogens with zero attached hydrogens (tertiary/aromatic N) is 5. The van der Waals surface area contributed by atoms with Crippen molar-refractivity contribution in [2.75, 3.05) is 13.7 Å². The lowest BCUT2D eigenvalue weighted by molar-refractivity contribution is 0.0910. The molecular weight excluding hydrogens is 372 g/mol. The van der Waals surface area contributed by atoms with Crippen molar-refractivity contribution < 1.29 is 14.1 Å². The van der Waals surface area contributed by atoms with Crippen molar-refractivity contribution in [3.8, 4) is 17.1 Å². The number of carbonyl (C=O) groups excluding carboxylic acids is 1. The summed E-state index contributed by atoms with van der Waals surface area (Å²) in [7, 11) is 1.62. The number of hydrogen-bond donors (Lipinski definition) is 1. The molecule has 29 heavy (non-hydrogen) atoms. The molecular formula is C20H20N6O3. The molecule has 4 rings (SSSR count). The molecule has 0 aliphatic rings. The minimum atomic E-state index is -0.422. The first kappa shape index (κ1) is 18.6. The fourth-order valence-electron chi connectivity index (χ4n) is 3.04. The summed E-state index contributed by atoms with van der Waals surface area (Å²) >= 11 is 0. The molecule has 9 nitrogen and oxygen atoms in total. The highest BCUT2D eigenvalue weighted by atomic mass is 16.5. The zero-order valence-electron chi connectivity index (χ0n) is 16.3. The molecule has 0 aliphatic carbocycles. The lowest BCUT2D eigenvalue weighted by Crippen LogP contribution is -2.26. The molecule has 3 heterocycles. The predicted molar refractivity (Wildman–Crippen MR) is 105 cm³/mol. The van der Waals surface area contributed by atoms with Gasteiger partial charge in [0.05, 0.1) is 18.9 Å². The molecule has 0 radical (unpaired) electrons. The van der Waals surface area contributed by atoms with Crippen molar-refractivity contribution in [2.24, 2.45) is 0 Å². The Hall–Kier alpha value is -3.75. The van der Waals surface area contributed by atoms with Crippen LogP contribution in [-0.4, -0.2) is 44.3 Å². The number of aromatic nitrogens is 5. The van der Waals surface area contributed by atoms with E-state index in [4.69, 9.17) is 9.26 Å². The Kier molecular flexibility index (Phi) is 4.94. The van der Waals surface area contributed by atoms with E-state index < -0.39 is 5.91 Å². The first-order chi connectivity index (χ1) is 14.0. The first-order valence-electron chi connectivity index (χ1n) is 9.12. The number of benzene rings is 1. The van der Waals surface area contributed by atoms with Gasteiger partial charge in [-0.1, -0.05) is 17.3 Å². The van der Waals surface area contributed by atoms with E-state index in [1.54, 1.807) is 17.8 Å². The standard InChI is InChI=1S/C20H20N6O3/c1-12-10-13(2)26-18(23-12)16(11-22-26)17-24-20(29-25-17)19(27)21-9-8-14-4-6-15(28-3)7-5-14/h4-7,10-11H,8-9H2,1-3H3,(H,21,27). The van der Waals surface area contributed by atoms with Gasteiger partial charge in [0.1, 0.15) is 5.75 Å². The van der Waals surface area contributed by atoms with Crippen LogP contribution in [0.25, 0.3) is 17.0 Å². The monoisotopic (exact) mass is 392 g/mol. The smallest absolute Gasteiger partial charge is 0.316 e. The molecule has 0 fully saturated rings. The van der Waals surface area contributed by atoms with Gasteiger partial charge in [-0.05, 0) is 44.0 Å². The molecule has 0 saturated heterocycles. The van der Waals surface area contributed by atoms with E-state index in [0.717, 1.165) is 22.7 Å². The number of fused-ring (bicyclic) bond motifs is 1. The number of hydrogen-bond acceptors (Lipinski definition) is 7. The molecule has 0 unspecified atom stereocenters. The molecule has 0 saturated carbocycles. The first-order valence-corrected chi connectivity index (χ1v) is 9.12. The molecule has 1 N–H and O–H groups in total. The fraction of sp³-hybridized carbons (Fsp3) is 0.250. The highest BCUT2D eigenvalue weighted by molar-refractivity contribution is 5.90. The Labute approximate surface area is 166 Å². The summed E-state index contributed by atoms with van der Waals surface area (Å²) in [6, 6.07) is 9.61. The summed E-state index contributed by atoms with van der Waals surface area (Å²) in [6.07, 6.45) is 2.29. The maximum atomic E-state index is 12.3. The Morgan fingerprint density at radius 3 is 2.76 bits per heavy atom. The van der Waals surface area contributed by atoms with E-state index >= 15 is 0 Å². The minimum Gasteiger partial charge on any atom is -0.497 e. The van der Waals surface area contributed by atoms with Gasteiger partial charge in [-0.15, -0.1) is 0 Å². The van der Waals surface area contributed by atoms with Crippen LogP contribution < -0.4 is 10.1 Å². The summed E-state index contributed by atoms with van der Waals surface area (Å²) in [4.78, 5) is 21.0. The topological polar surface area (TPSA) is 107 Å². The van der Waals surface area contributed by atoms with Crippen LogP contribution in [0.2, 0.25) is 0 Å². The quantitative estimate of drug-likeness (QED) is 0.537. The summed E-state index contributed by atoms with van der Waals surface area (Å²) in [5.41, 5.74) is 4.11. The van der Waals surface area contributed by atoms with E-state index in [2.05, 4.69) is 25.5 Å². The van der Waals surface area contributed by atoms with Crippen LogP contribution in [-0.2, 0) is 6.42 Å². The molecule has 9 heteroatoms. The molecule has 0 atom stereocenters. The zero-order chi connectivity index (χ0) is 20.4. The number of nitrogens with one attached hydrogen (secondary N) is 1. The van der Waals surface area contributed by atoms with Gasteiger partial charge in [-0.25, -0.2) is 9.50 Å². The Balaban J connectivity index is 1.44. The van der Waals surface area contributed by atoms with E-state index in [1.165, 1.54) is 0 Å². The predicted octanol–water partition coefficient (Wildman–Crippen LogP) is 2.38. The van der Waals surface area contributed by atoms with Gasteiger partial charge in [0, 0.05) is 17.9 Å². The number of amides is 1. The molecule has 0 spiro atoms. The second-order valence-electron chi connectivity index (χ2n) is 6.61. The summed E-state index contributed by atoms with van der Waals surface area (Å²) in [5.74, 6) is 0.550. The SMILES string of the molecule is COc1ccc(CCNC(=O)c2nc(-c3cnn4c(C)cc(C)nc34)no2)cc1. The number of ether oxygens (including phenoxy) is 1. The van der Waals surface area contributed by atoms with Gasteiger partial charge in [-0.3, -0.25) is 4.79 Å². The zero-order valence-corrected chi connectivity index (χ0v) is 16.3. The highest BCUT2D eigenvalue weighted by Crippen LogP contribution is 2.21. The van der Waals surface area contributed by atoms with Crippen LogP contribution in [0.4, 0.5) is 0 Å². The van der Waals surface area contributed by atoms with E-state index in [-0.39, 0.29) is 11.7 Å². The van der Waals surface area contributed by atoms with Crippen LogP contribution in [0, 0.1) is 13.8 Å². The van der Waals surface area contributed by atoms with Crippen molar-refractivity contribution in [1.82, 2.24) is 30.1 Å².